The van der Waals surface area contributed by atoms with E-state index in [1.807, 2.05) is 18.5 Å². The van der Waals surface area contributed by atoms with Crippen molar-refractivity contribution in [2.75, 3.05) is 26.2 Å². The van der Waals surface area contributed by atoms with Crippen LogP contribution in [0.25, 0.3) is 11.0 Å². The quantitative estimate of drug-likeness (QED) is 0.718. The van der Waals surface area contributed by atoms with Gasteiger partial charge < -0.3 is 9.09 Å². The summed E-state index contributed by atoms with van der Waals surface area (Å²) < 4.78 is 20.5. The van der Waals surface area contributed by atoms with Crippen LogP contribution in [0.15, 0.2) is 22.7 Å². The van der Waals surface area contributed by atoms with Crippen LogP contribution < -0.4 is 0 Å². The van der Waals surface area contributed by atoms with Gasteiger partial charge in [-0.05, 0) is 19.1 Å². The molecule has 4 rings (SSSR count). The van der Waals surface area contributed by atoms with Gasteiger partial charge in [-0.25, -0.2) is 4.39 Å². The number of aryl methyl sites for hydroxylation is 1. The molecule has 1 aromatic carbocycles. The summed E-state index contributed by atoms with van der Waals surface area (Å²) in [5.41, 5.74) is 1.37. The van der Waals surface area contributed by atoms with Gasteiger partial charge in [-0.2, -0.15) is 0 Å². The Labute approximate surface area is 145 Å². The van der Waals surface area contributed by atoms with Gasteiger partial charge in [-0.3, -0.25) is 9.80 Å². The number of hydrogen-bond donors (Lipinski definition) is 0. The van der Waals surface area contributed by atoms with Crippen molar-refractivity contribution < 1.29 is 8.91 Å². The number of benzene rings is 1. The number of halogens is 1. The smallest absolute Gasteiger partial charge is 0.170 e. The van der Waals surface area contributed by atoms with Crippen molar-refractivity contribution in [2.24, 2.45) is 7.05 Å². The predicted molar refractivity (Wildman–Crippen MR) is 90.3 cm³/mol. The van der Waals surface area contributed by atoms with E-state index in [4.69, 9.17) is 4.52 Å². The minimum atomic E-state index is -0.303. The number of aromatic nitrogens is 4. The lowest BCUT2D eigenvalue weighted by molar-refractivity contribution is 0.117. The monoisotopic (exact) mass is 344 g/mol. The Morgan fingerprint density at radius 3 is 2.48 bits per heavy atom. The molecule has 0 amide bonds. The molecule has 0 saturated carbocycles. The molecule has 1 aliphatic heterocycles. The number of rotatable bonds is 4. The van der Waals surface area contributed by atoms with Crippen LogP contribution >= 0.6 is 0 Å². The zero-order valence-electron chi connectivity index (χ0n) is 14.4. The molecule has 25 heavy (non-hydrogen) atoms. The van der Waals surface area contributed by atoms with Crippen molar-refractivity contribution in [1.29, 1.82) is 0 Å². The van der Waals surface area contributed by atoms with Gasteiger partial charge in [0.1, 0.15) is 23.2 Å². The van der Waals surface area contributed by atoms with E-state index in [-0.39, 0.29) is 5.82 Å². The molecule has 3 heterocycles. The predicted octanol–water partition coefficient (Wildman–Crippen LogP) is 1.72. The molecule has 0 atom stereocenters. The molecule has 7 nitrogen and oxygen atoms in total. The van der Waals surface area contributed by atoms with Crippen LogP contribution in [0.4, 0.5) is 4.39 Å². The third-order valence-electron chi connectivity index (χ3n) is 4.89. The van der Waals surface area contributed by atoms with Gasteiger partial charge in [0.2, 0.25) is 0 Å². The van der Waals surface area contributed by atoms with Crippen molar-refractivity contribution in [3.05, 3.63) is 41.4 Å². The van der Waals surface area contributed by atoms with Gasteiger partial charge >= 0.3 is 0 Å². The highest BCUT2D eigenvalue weighted by molar-refractivity contribution is 5.79. The maximum atomic E-state index is 13.2. The fourth-order valence-electron chi connectivity index (χ4n) is 3.18. The second kappa shape index (κ2) is 6.53. The first-order chi connectivity index (χ1) is 12.1. The Kier molecular flexibility index (Phi) is 4.22. The molecule has 1 aliphatic rings. The summed E-state index contributed by atoms with van der Waals surface area (Å²) in [7, 11) is 2.00. The van der Waals surface area contributed by atoms with Gasteiger partial charge in [-0.1, -0.05) is 5.16 Å². The highest BCUT2D eigenvalue weighted by atomic mass is 19.1. The first kappa shape index (κ1) is 16.2. The van der Waals surface area contributed by atoms with Crippen molar-refractivity contribution in [1.82, 2.24) is 29.7 Å². The van der Waals surface area contributed by atoms with E-state index in [0.29, 0.717) is 5.58 Å². The summed E-state index contributed by atoms with van der Waals surface area (Å²) in [6.45, 7) is 7.33. The van der Waals surface area contributed by atoms with E-state index in [2.05, 4.69) is 25.2 Å². The van der Waals surface area contributed by atoms with Crippen molar-refractivity contribution >= 4 is 11.0 Å². The van der Waals surface area contributed by atoms with Gasteiger partial charge in [0.05, 0.1) is 6.54 Å². The highest BCUT2D eigenvalue weighted by Gasteiger charge is 2.21. The lowest BCUT2D eigenvalue weighted by atomic mass is 10.2. The molecule has 3 aromatic rings. The number of hydrogen-bond acceptors (Lipinski definition) is 6. The van der Waals surface area contributed by atoms with E-state index in [1.54, 1.807) is 6.07 Å². The van der Waals surface area contributed by atoms with E-state index < -0.39 is 0 Å². The molecule has 1 saturated heterocycles. The van der Waals surface area contributed by atoms with E-state index in [9.17, 15) is 4.39 Å². The first-order valence-electron chi connectivity index (χ1n) is 8.43. The zero-order valence-corrected chi connectivity index (χ0v) is 14.4. The lowest BCUT2D eigenvalue weighted by Gasteiger charge is -2.33. The second-order valence-corrected chi connectivity index (χ2v) is 6.54. The third-order valence-corrected chi connectivity index (χ3v) is 4.89. The first-order valence-corrected chi connectivity index (χ1v) is 8.43. The standard InChI is InChI=1S/C17H21FN6O/c1-12-19-20-17(22(12)2)11-24-7-5-23(6-8-24)10-15-14-4-3-13(18)9-16(14)25-21-15/h3-4,9H,5-8,10-11H2,1-2H3. The van der Waals surface area contributed by atoms with Crippen LogP contribution in [0.3, 0.4) is 0 Å². The van der Waals surface area contributed by atoms with Crippen molar-refractivity contribution in [3.8, 4) is 0 Å². The number of nitrogens with zero attached hydrogens (tertiary/aromatic N) is 6. The molecule has 0 bridgehead atoms. The van der Waals surface area contributed by atoms with Gasteiger partial charge in [0.15, 0.2) is 5.58 Å². The average Bonchev–Trinajstić information content (AvgIpc) is 3.14. The minimum absolute atomic E-state index is 0.303. The van der Waals surface area contributed by atoms with E-state index >= 15 is 0 Å². The molecule has 2 aromatic heterocycles. The average molecular weight is 344 g/mol. The normalized spacial score (nSPS) is 16.8. The minimum Gasteiger partial charge on any atom is -0.356 e. The number of fused-ring (bicyclic) bond motifs is 1. The number of piperazine rings is 1. The Balaban J connectivity index is 1.36. The molecule has 0 unspecified atom stereocenters. The fraction of sp³-hybridized carbons (Fsp3) is 0.471. The second-order valence-electron chi connectivity index (χ2n) is 6.54. The summed E-state index contributed by atoms with van der Waals surface area (Å²) in [6.07, 6.45) is 0. The lowest BCUT2D eigenvalue weighted by Crippen LogP contribution is -2.45. The van der Waals surface area contributed by atoms with Crippen LogP contribution in [0, 0.1) is 12.7 Å². The SMILES string of the molecule is Cc1nnc(CN2CCN(Cc3noc4cc(F)ccc34)CC2)n1C. The molecule has 0 radical (unpaired) electrons. The van der Waals surface area contributed by atoms with Crippen LogP contribution in [-0.4, -0.2) is 55.9 Å². The summed E-state index contributed by atoms with van der Waals surface area (Å²) in [4.78, 5) is 4.73. The molecular weight excluding hydrogens is 323 g/mol. The maximum Gasteiger partial charge on any atom is 0.170 e. The van der Waals surface area contributed by atoms with Gasteiger partial charge in [0, 0.05) is 51.2 Å². The molecule has 8 heteroatoms. The van der Waals surface area contributed by atoms with Gasteiger partial charge in [-0.15, -0.1) is 10.2 Å². The van der Waals surface area contributed by atoms with Crippen LogP contribution in [0.5, 0.6) is 0 Å². The molecular formula is C17H21FN6O. The van der Waals surface area contributed by atoms with E-state index in [0.717, 1.165) is 62.0 Å². The summed E-state index contributed by atoms with van der Waals surface area (Å²) in [5, 5.41) is 13.3. The van der Waals surface area contributed by atoms with Crippen LogP contribution in [0.1, 0.15) is 17.3 Å². The summed E-state index contributed by atoms with van der Waals surface area (Å²) in [5.74, 6) is 1.63. The summed E-state index contributed by atoms with van der Waals surface area (Å²) >= 11 is 0. The Hall–Kier alpha value is -2.32. The molecule has 132 valence electrons. The van der Waals surface area contributed by atoms with Crippen molar-refractivity contribution in [2.45, 2.75) is 20.0 Å². The topological polar surface area (TPSA) is 63.2 Å². The molecule has 1 fully saturated rings. The molecule has 0 N–H and O–H groups in total. The maximum absolute atomic E-state index is 13.2. The van der Waals surface area contributed by atoms with Crippen LogP contribution in [-0.2, 0) is 20.1 Å². The Morgan fingerprint density at radius 1 is 1.08 bits per heavy atom. The fourth-order valence-corrected chi connectivity index (χ4v) is 3.18. The van der Waals surface area contributed by atoms with Crippen LogP contribution in [0.2, 0.25) is 0 Å². The molecule has 0 aliphatic carbocycles. The zero-order chi connectivity index (χ0) is 17.4. The summed E-state index contributed by atoms with van der Waals surface area (Å²) in [6, 6.07) is 4.57. The molecule has 0 spiro atoms. The highest BCUT2D eigenvalue weighted by Crippen LogP contribution is 2.21. The van der Waals surface area contributed by atoms with Crippen molar-refractivity contribution in [3.63, 3.8) is 0 Å². The van der Waals surface area contributed by atoms with Gasteiger partial charge in [0.25, 0.3) is 0 Å². The van der Waals surface area contributed by atoms with E-state index in [1.165, 1.54) is 12.1 Å². The largest absolute Gasteiger partial charge is 0.356 e. The third kappa shape index (κ3) is 3.27. The Bertz CT molecular complexity index is 881. The Morgan fingerprint density at radius 2 is 1.80 bits per heavy atom.